The third-order valence-corrected chi connectivity index (χ3v) is 7.36. The number of fused-ring (bicyclic) bond motifs is 1. The molecule has 1 aromatic carbocycles. The molecule has 2 aromatic heterocycles. The maximum atomic E-state index is 13.3. The van der Waals surface area contributed by atoms with Crippen molar-refractivity contribution in [2.24, 2.45) is 5.92 Å². The highest BCUT2D eigenvalue weighted by molar-refractivity contribution is 6.01. The topological polar surface area (TPSA) is 90.7 Å². The van der Waals surface area contributed by atoms with Crippen LogP contribution in [0, 0.1) is 5.92 Å². The van der Waals surface area contributed by atoms with Gasteiger partial charge in [0.25, 0.3) is 11.5 Å². The molecule has 1 amide bonds. The SMILES string of the molecule is C[C@@H](CO)c1nn2c(=O)cc(-c3ccc(C4CCCCC4)cc3)[nH]c2c1C(=O)N1CC(CF)C1. The molecule has 0 spiro atoms. The van der Waals surface area contributed by atoms with E-state index in [4.69, 9.17) is 0 Å². The highest BCUT2D eigenvalue weighted by Gasteiger charge is 2.35. The molecule has 3 heterocycles. The van der Waals surface area contributed by atoms with Crippen molar-refractivity contribution in [3.63, 3.8) is 0 Å². The van der Waals surface area contributed by atoms with Gasteiger partial charge in [0.15, 0.2) is 5.65 Å². The second-order valence-electron chi connectivity index (χ2n) is 9.81. The van der Waals surface area contributed by atoms with Gasteiger partial charge in [0, 0.05) is 31.0 Å². The molecule has 3 aromatic rings. The molecule has 34 heavy (non-hydrogen) atoms. The number of aliphatic hydroxyl groups excluding tert-OH is 1. The fourth-order valence-electron chi connectivity index (χ4n) is 5.22. The number of H-pyrrole nitrogens is 1. The molecular weight excluding hydrogens is 435 g/mol. The van der Waals surface area contributed by atoms with Crippen LogP contribution in [0.15, 0.2) is 35.1 Å². The zero-order chi connectivity index (χ0) is 23.8. The number of halogens is 1. The van der Waals surface area contributed by atoms with Gasteiger partial charge < -0.3 is 15.0 Å². The van der Waals surface area contributed by atoms with Crippen molar-refractivity contribution in [3.05, 3.63) is 57.5 Å². The van der Waals surface area contributed by atoms with Gasteiger partial charge in [0.05, 0.1) is 24.7 Å². The Hall–Kier alpha value is -3.00. The summed E-state index contributed by atoms with van der Waals surface area (Å²) in [6.45, 7) is 1.77. The van der Waals surface area contributed by atoms with Gasteiger partial charge in [-0.1, -0.05) is 50.5 Å². The standard InChI is InChI=1S/C26H31FN4O3/c1-16(15-32)24-23(26(34)30-13-17(12-27)14-30)25-28-21(11-22(33)31(25)29-24)20-9-7-19(8-10-20)18-5-3-2-4-6-18/h7-11,16-18,28,32H,2-6,12-15H2,1H3/t16-/m0/s1. The average molecular weight is 467 g/mol. The molecule has 5 rings (SSSR count). The van der Waals surface area contributed by atoms with Crippen molar-refractivity contribution in [3.8, 4) is 11.3 Å². The van der Waals surface area contributed by atoms with E-state index in [1.807, 2.05) is 12.1 Å². The normalized spacial score (nSPS) is 18.3. The number of aromatic amines is 1. The smallest absolute Gasteiger partial charge is 0.274 e. The molecule has 7 nitrogen and oxygen atoms in total. The second kappa shape index (κ2) is 9.33. The van der Waals surface area contributed by atoms with E-state index in [1.165, 1.54) is 48.2 Å². The number of carbonyl (C=O) groups excluding carboxylic acids is 1. The molecule has 1 saturated carbocycles. The molecule has 1 saturated heterocycles. The van der Waals surface area contributed by atoms with Crippen LogP contribution >= 0.6 is 0 Å². The fourth-order valence-corrected chi connectivity index (χ4v) is 5.22. The van der Waals surface area contributed by atoms with Crippen LogP contribution in [0.2, 0.25) is 0 Å². The number of benzene rings is 1. The van der Waals surface area contributed by atoms with Gasteiger partial charge in [-0.2, -0.15) is 9.61 Å². The van der Waals surface area contributed by atoms with Gasteiger partial charge >= 0.3 is 0 Å². The van der Waals surface area contributed by atoms with E-state index >= 15 is 0 Å². The van der Waals surface area contributed by atoms with Crippen molar-refractivity contribution in [2.75, 3.05) is 26.4 Å². The molecule has 8 heteroatoms. The number of alkyl halides is 1. The molecule has 180 valence electrons. The third-order valence-electron chi connectivity index (χ3n) is 7.36. The number of aliphatic hydroxyl groups is 1. The van der Waals surface area contributed by atoms with Crippen LogP contribution in [0.25, 0.3) is 16.9 Å². The first-order valence-corrected chi connectivity index (χ1v) is 12.2. The van der Waals surface area contributed by atoms with Crippen LogP contribution in [-0.4, -0.2) is 56.9 Å². The number of likely N-dealkylation sites (tertiary alicyclic amines) is 1. The maximum Gasteiger partial charge on any atom is 0.274 e. The molecule has 1 atom stereocenters. The quantitative estimate of drug-likeness (QED) is 0.577. The van der Waals surface area contributed by atoms with Crippen LogP contribution in [0.5, 0.6) is 0 Å². The number of hydrogen-bond acceptors (Lipinski definition) is 4. The molecule has 0 bridgehead atoms. The van der Waals surface area contributed by atoms with Gasteiger partial charge in [0.2, 0.25) is 0 Å². The van der Waals surface area contributed by atoms with E-state index in [2.05, 4.69) is 22.2 Å². The minimum Gasteiger partial charge on any atom is -0.396 e. The lowest BCUT2D eigenvalue weighted by atomic mass is 9.84. The summed E-state index contributed by atoms with van der Waals surface area (Å²) >= 11 is 0. The minimum absolute atomic E-state index is 0.151. The van der Waals surface area contributed by atoms with Crippen molar-refractivity contribution < 1.29 is 14.3 Å². The van der Waals surface area contributed by atoms with Crippen LogP contribution in [0.3, 0.4) is 0 Å². The van der Waals surface area contributed by atoms with Crippen molar-refractivity contribution in [1.29, 1.82) is 0 Å². The predicted octanol–water partition coefficient (Wildman–Crippen LogP) is 3.87. The first kappa shape index (κ1) is 22.8. The fraction of sp³-hybridized carbons (Fsp3) is 0.500. The summed E-state index contributed by atoms with van der Waals surface area (Å²) in [6, 6.07) is 9.78. The summed E-state index contributed by atoms with van der Waals surface area (Å²) in [4.78, 5) is 31.1. The first-order chi connectivity index (χ1) is 16.5. The first-order valence-electron chi connectivity index (χ1n) is 12.2. The summed E-state index contributed by atoms with van der Waals surface area (Å²) in [6.07, 6.45) is 6.28. The lowest BCUT2D eigenvalue weighted by molar-refractivity contribution is 0.0452. The van der Waals surface area contributed by atoms with Crippen molar-refractivity contribution >= 4 is 11.6 Å². The zero-order valence-corrected chi connectivity index (χ0v) is 19.5. The summed E-state index contributed by atoms with van der Waals surface area (Å²) in [5.41, 5.74) is 3.39. The van der Waals surface area contributed by atoms with E-state index in [0.717, 1.165) is 5.56 Å². The van der Waals surface area contributed by atoms with Gasteiger partial charge in [-0.05, 0) is 29.9 Å². The maximum absolute atomic E-state index is 13.3. The monoisotopic (exact) mass is 466 g/mol. The Kier molecular flexibility index (Phi) is 6.25. The van der Waals surface area contributed by atoms with E-state index in [9.17, 15) is 19.1 Å². The summed E-state index contributed by atoms with van der Waals surface area (Å²) < 4.78 is 14.1. The molecular formula is C26H31FN4O3. The predicted molar refractivity (Wildman–Crippen MR) is 128 cm³/mol. The minimum atomic E-state index is -0.462. The highest BCUT2D eigenvalue weighted by atomic mass is 19.1. The summed E-state index contributed by atoms with van der Waals surface area (Å²) in [5.74, 6) is -0.282. The molecule has 0 unspecified atom stereocenters. The lowest BCUT2D eigenvalue weighted by Crippen LogP contribution is -2.51. The Morgan fingerprint density at radius 3 is 2.56 bits per heavy atom. The van der Waals surface area contributed by atoms with E-state index < -0.39 is 12.6 Å². The molecule has 1 aliphatic carbocycles. The zero-order valence-electron chi connectivity index (χ0n) is 19.5. The third kappa shape index (κ3) is 4.04. The largest absolute Gasteiger partial charge is 0.396 e. The van der Waals surface area contributed by atoms with Gasteiger partial charge in [-0.25, -0.2) is 0 Å². The highest BCUT2D eigenvalue weighted by Crippen LogP contribution is 2.33. The number of rotatable bonds is 6. The Balaban J connectivity index is 1.54. The number of amides is 1. The number of carbonyl (C=O) groups is 1. The average Bonchev–Trinajstić information content (AvgIpc) is 3.23. The van der Waals surface area contributed by atoms with Gasteiger partial charge in [0.1, 0.15) is 5.56 Å². The lowest BCUT2D eigenvalue weighted by Gasteiger charge is -2.37. The Morgan fingerprint density at radius 1 is 1.21 bits per heavy atom. The van der Waals surface area contributed by atoms with Crippen LogP contribution in [0.4, 0.5) is 4.39 Å². The number of nitrogens with zero attached hydrogens (tertiary/aromatic N) is 3. The van der Waals surface area contributed by atoms with Crippen LogP contribution < -0.4 is 5.56 Å². The Morgan fingerprint density at radius 2 is 1.91 bits per heavy atom. The molecule has 2 N–H and O–H groups in total. The molecule has 2 aliphatic rings. The van der Waals surface area contributed by atoms with E-state index in [-0.39, 0.29) is 29.6 Å². The molecule has 0 radical (unpaired) electrons. The number of nitrogens with one attached hydrogen (secondary N) is 1. The number of aromatic nitrogens is 3. The van der Waals surface area contributed by atoms with Crippen molar-refractivity contribution in [1.82, 2.24) is 19.5 Å². The molecule has 1 aliphatic heterocycles. The molecule has 2 fully saturated rings. The van der Waals surface area contributed by atoms with Crippen LogP contribution in [-0.2, 0) is 0 Å². The second-order valence-corrected chi connectivity index (χ2v) is 9.81. The van der Waals surface area contributed by atoms with Gasteiger partial charge in [-0.3, -0.25) is 14.0 Å². The number of hydrogen-bond donors (Lipinski definition) is 2. The van der Waals surface area contributed by atoms with E-state index in [0.29, 0.717) is 36.0 Å². The van der Waals surface area contributed by atoms with Crippen molar-refractivity contribution in [2.45, 2.75) is 50.9 Å². The Labute approximate surface area is 197 Å². The van der Waals surface area contributed by atoms with Gasteiger partial charge in [-0.15, -0.1) is 0 Å². The summed E-state index contributed by atoms with van der Waals surface area (Å²) in [5, 5.41) is 14.1. The Bertz CT molecular complexity index is 1240. The van der Waals surface area contributed by atoms with Crippen LogP contribution in [0.1, 0.15) is 72.5 Å². The summed E-state index contributed by atoms with van der Waals surface area (Å²) in [7, 11) is 0. The van der Waals surface area contributed by atoms with E-state index in [1.54, 1.807) is 11.8 Å².